The summed E-state index contributed by atoms with van der Waals surface area (Å²) in [5, 5.41) is 12.8. The zero-order valence-electron chi connectivity index (χ0n) is 13.6. The lowest BCUT2D eigenvalue weighted by atomic mass is 9.83. The van der Waals surface area contributed by atoms with E-state index in [-0.39, 0.29) is 18.2 Å². The van der Waals surface area contributed by atoms with Gasteiger partial charge in [-0.2, -0.15) is 0 Å². The van der Waals surface area contributed by atoms with Crippen LogP contribution in [0.4, 0.5) is 11.4 Å². The first kappa shape index (κ1) is 15.6. The van der Waals surface area contributed by atoms with Gasteiger partial charge in [-0.15, -0.1) is 0 Å². The average Bonchev–Trinajstić information content (AvgIpc) is 2.65. The topological polar surface area (TPSA) is 60.9 Å². The molecule has 2 aliphatic rings. The van der Waals surface area contributed by atoms with E-state index < -0.39 is 12.0 Å². The number of anilines is 2. The van der Waals surface area contributed by atoms with Crippen molar-refractivity contribution in [2.24, 2.45) is 5.92 Å². The lowest BCUT2D eigenvalue weighted by Gasteiger charge is -2.43. The van der Waals surface area contributed by atoms with E-state index in [4.69, 9.17) is 0 Å². The maximum Gasteiger partial charge on any atom is 0.273 e. The molecule has 5 heteroatoms. The summed E-state index contributed by atoms with van der Waals surface area (Å²) in [4.78, 5) is 26.4. The van der Waals surface area contributed by atoms with Crippen molar-refractivity contribution in [1.29, 1.82) is 0 Å². The summed E-state index contributed by atoms with van der Waals surface area (Å²) in [5.41, 5.74) is 1.74. The molecule has 0 spiro atoms. The SMILES string of the molecule is O=C1C2=CCC(O)CC2C(=O)N(c2ccccc2)N1c1ccccc1. The van der Waals surface area contributed by atoms with Gasteiger partial charge in [0.1, 0.15) is 0 Å². The number of hydrogen-bond donors (Lipinski definition) is 1. The molecule has 2 atom stereocenters. The standard InChI is InChI=1S/C20H18N2O3/c23-16-11-12-17-18(13-16)20(25)22(15-9-5-2-6-10-15)21(19(17)24)14-7-3-1-4-8-14/h1-10,12,16,18,23H,11,13H2. The second kappa shape index (κ2) is 6.18. The molecule has 1 fully saturated rings. The van der Waals surface area contributed by atoms with Crippen molar-refractivity contribution in [2.45, 2.75) is 18.9 Å². The molecule has 1 saturated heterocycles. The van der Waals surface area contributed by atoms with Gasteiger partial charge in [-0.3, -0.25) is 9.59 Å². The van der Waals surface area contributed by atoms with Gasteiger partial charge < -0.3 is 5.11 Å². The summed E-state index contributed by atoms with van der Waals surface area (Å²) in [7, 11) is 0. The minimum Gasteiger partial charge on any atom is -0.393 e. The highest BCUT2D eigenvalue weighted by Gasteiger charge is 2.46. The van der Waals surface area contributed by atoms with Crippen molar-refractivity contribution in [3.8, 4) is 0 Å². The first-order valence-electron chi connectivity index (χ1n) is 8.33. The van der Waals surface area contributed by atoms with E-state index in [2.05, 4.69) is 0 Å². The highest BCUT2D eigenvalue weighted by atomic mass is 16.3. The molecular formula is C20H18N2O3. The number of carbonyl (C=O) groups excluding carboxylic acids is 2. The maximum absolute atomic E-state index is 13.2. The van der Waals surface area contributed by atoms with E-state index in [1.54, 1.807) is 30.3 Å². The van der Waals surface area contributed by atoms with Crippen molar-refractivity contribution >= 4 is 23.2 Å². The molecular weight excluding hydrogens is 316 g/mol. The number of para-hydroxylation sites is 2. The molecule has 1 aliphatic carbocycles. The molecule has 0 radical (unpaired) electrons. The Morgan fingerprint density at radius 3 is 2.00 bits per heavy atom. The second-order valence-corrected chi connectivity index (χ2v) is 6.28. The van der Waals surface area contributed by atoms with Gasteiger partial charge in [-0.25, -0.2) is 10.0 Å². The van der Waals surface area contributed by atoms with Gasteiger partial charge in [0, 0.05) is 5.57 Å². The Labute approximate surface area is 145 Å². The van der Waals surface area contributed by atoms with Crippen LogP contribution in [0.5, 0.6) is 0 Å². The van der Waals surface area contributed by atoms with Gasteiger partial charge in [0.05, 0.1) is 23.4 Å². The van der Waals surface area contributed by atoms with Crippen molar-refractivity contribution < 1.29 is 14.7 Å². The molecule has 4 rings (SSSR count). The fourth-order valence-corrected chi connectivity index (χ4v) is 3.44. The van der Waals surface area contributed by atoms with Crippen LogP contribution in [0.15, 0.2) is 72.3 Å². The molecule has 1 N–H and O–H groups in total. The second-order valence-electron chi connectivity index (χ2n) is 6.28. The normalized spacial score (nSPS) is 23.3. The van der Waals surface area contributed by atoms with Crippen LogP contribution in [0.25, 0.3) is 0 Å². The number of nitrogens with zero attached hydrogens (tertiary/aromatic N) is 2. The van der Waals surface area contributed by atoms with E-state index in [0.29, 0.717) is 23.4 Å². The van der Waals surface area contributed by atoms with Gasteiger partial charge >= 0.3 is 0 Å². The molecule has 0 bridgehead atoms. The third-order valence-electron chi connectivity index (χ3n) is 4.64. The third kappa shape index (κ3) is 2.62. The highest BCUT2D eigenvalue weighted by Crippen LogP contribution is 2.37. The molecule has 1 aliphatic heterocycles. The zero-order chi connectivity index (χ0) is 17.4. The predicted octanol–water partition coefficient (Wildman–Crippen LogP) is 2.68. The molecule has 2 aromatic carbocycles. The summed E-state index contributed by atoms with van der Waals surface area (Å²) in [5.74, 6) is -1.01. The number of aliphatic hydroxyl groups is 1. The van der Waals surface area contributed by atoms with Gasteiger partial charge in [0.15, 0.2) is 0 Å². The van der Waals surface area contributed by atoms with Gasteiger partial charge in [-0.05, 0) is 37.1 Å². The number of carbonyl (C=O) groups is 2. The molecule has 2 amide bonds. The number of aliphatic hydroxyl groups excluding tert-OH is 1. The van der Waals surface area contributed by atoms with Gasteiger partial charge in [-0.1, -0.05) is 42.5 Å². The van der Waals surface area contributed by atoms with Crippen LogP contribution in [0.2, 0.25) is 0 Å². The van der Waals surface area contributed by atoms with Crippen LogP contribution in [0.3, 0.4) is 0 Å². The Kier molecular flexibility index (Phi) is 3.86. The van der Waals surface area contributed by atoms with Gasteiger partial charge in [0.2, 0.25) is 0 Å². The molecule has 5 nitrogen and oxygen atoms in total. The number of rotatable bonds is 2. The number of fused-ring (bicyclic) bond motifs is 1. The molecule has 1 heterocycles. The van der Waals surface area contributed by atoms with E-state index in [1.165, 1.54) is 10.0 Å². The molecule has 2 unspecified atom stereocenters. The zero-order valence-corrected chi connectivity index (χ0v) is 13.6. The molecule has 126 valence electrons. The summed E-state index contributed by atoms with van der Waals surface area (Å²) < 4.78 is 0. The maximum atomic E-state index is 13.2. The van der Waals surface area contributed by atoms with E-state index in [9.17, 15) is 14.7 Å². The van der Waals surface area contributed by atoms with E-state index >= 15 is 0 Å². The first-order valence-corrected chi connectivity index (χ1v) is 8.33. The van der Waals surface area contributed by atoms with Crippen molar-refractivity contribution in [2.75, 3.05) is 10.0 Å². The summed E-state index contributed by atoms with van der Waals surface area (Å²) in [6.07, 6.45) is 1.80. The fourth-order valence-electron chi connectivity index (χ4n) is 3.44. The van der Waals surface area contributed by atoms with Crippen LogP contribution in [-0.4, -0.2) is 23.0 Å². The lowest BCUT2D eigenvalue weighted by Crippen LogP contribution is -2.59. The Hall–Kier alpha value is -2.92. The average molecular weight is 334 g/mol. The Balaban J connectivity index is 1.86. The molecule has 2 aromatic rings. The quantitative estimate of drug-likeness (QED) is 0.918. The summed E-state index contributed by atoms with van der Waals surface area (Å²) in [6.45, 7) is 0. The summed E-state index contributed by atoms with van der Waals surface area (Å²) in [6, 6.07) is 18.3. The largest absolute Gasteiger partial charge is 0.393 e. The van der Waals surface area contributed by atoms with Crippen LogP contribution in [-0.2, 0) is 9.59 Å². The highest BCUT2D eigenvalue weighted by molar-refractivity contribution is 6.20. The predicted molar refractivity (Wildman–Crippen MR) is 94.7 cm³/mol. The minimum atomic E-state index is -0.601. The van der Waals surface area contributed by atoms with Crippen molar-refractivity contribution in [3.63, 3.8) is 0 Å². The van der Waals surface area contributed by atoms with Crippen molar-refractivity contribution in [1.82, 2.24) is 0 Å². The first-order chi connectivity index (χ1) is 12.2. The Morgan fingerprint density at radius 2 is 1.40 bits per heavy atom. The minimum absolute atomic E-state index is 0.195. The van der Waals surface area contributed by atoms with E-state index in [1.807, 2.05) is 36.4 Å². The van der Waals surface area contributed by atoms with Crippen LogP contribution >= 0.6 is 0 Å². The molecule has 0 saturated carbocycles. The van der Waals surface area contributed by atoms with E-state index in [0.717, 1.165) is 0 Å². The number of benzene rings is 2. The summed E-state index contributed by atoms with van der Waals surface area (Å²) >= 11 is 0. The monoisotopic (exact) mass is 334 g/mol. The molecule has 25 heavy (non-hydrogen) atoms. The lowest BCUT2D eigenvalue weighted by molar-refractivity contribution is -0.129. The number of amides is 2. The third-order valence-corrected chi connectivity index (χ3v) is 4.64. The van der Waals surface area contributed by atoms with Crippen LogP contribution in [0.1, 0.15) is 12.8 Å². The smallest absolute Gasteiger partial charge is 0.273 e. The number of hydrogen-bond acceptors (Lipinski definition) is 3. The number of hydrazine groups is 1. The fraction of sp³-hybridized carbons (Fsp3) is 0.200. The van der Waals surface area contributed by atoms with Crippen LogP contribution < -0.4 is 10.0 Å². The Bertz CT molecular complexity index is 833. The Morgan fingerprint density at radius 1 is 0.840 bits per heavy atom. The van der Waals surface area contributed by atoms with Crippen molar-refractivity contribution in [3.05, 3.63) is 72.3 Å². The van der Waals surface area contributed by atoms with Gasteiger partial charge in [0.25, 0.3) is 11.8 Å². The van der Waals surface area contributed by atoms with Crippen LogP contribution in [0, 0.1) is 5.92 Å². The molecule has 0 aromatic heterocycles.